The molecule has 0 saturated carbocycles. The Morgan fingerprint density at radius 1 is 1.27 bits per heavy atom. The first-order valence-electron chi connectivity index (χ1n) is 7.50. The summed E-state index contributed by atoms with van der Waals surface area (Å²) in [7, 11) is 1.66. The lowest BCUT2D eigenvalue weighted by atomic mass is 10.3. The lowest BCUT2D eigenvalue weighted by molar-refractivity contribution is -0.118. The standard InChI is InChI=1S/C15H26N4O3/c1-13(20)16-7-4-8-17-15(19-10-12-21-2)18-9-6-14-5-3-11-22-14/h3,5,11H,4,6-10,12H2,1-2H3,(H,16,20)(H2,17,18,19). The third-order valence-corrected chi connectivity index (χ3v) is 2.82. The van der Waals surface area contributed by atoms with Gasteiger partial charge in [0.2, 0.25) is 5.91 Å². The van der Waals surface area contributed by atoms with Crippen LogP contribution in [0.15, 0.2) is 27.8 Å². The van der Waals surface area contributed by atoms with E-state index >= 15 is 0 Å². The van der Waals surface area contributed by atoms with Crippen molar-refractivity contribution >= 4 is 11.9 Å². The summed E-state index contributed by atoms with van der Waals surface area (Å²) in [6.45, 7) is 4.83. The van der Waals surface area contributed by atoms with E-state index in [0.29, 0.717) is 26.2 Å². The number of nitrogens with zero attached hydrogens (tertiary/aromatic N) is 1. The Labute approximate surface area is 131 Å². The van der Waals surface area contributed by atoms with E-state index in [1.807, 2.05) is 12.1 Å². The van der Waals surface area contributed by atoms with Crippen molar-refractivity contribution in [2.45, 2.75) is 19.8 Å². The molecule has 124 valence electrons. The molecule has 1 amide bonds. The number of ether oxygens (including phenoxy) is 1. The van der Waals surface area contributed by atoms with Crippen LogP contribution in [-0.2, 0) is 16.0 Å². The van der Waals surface area contributed by atoms with E-state index in [4.69, 9.17) is 9.15 Å². The molecule has 0 spiro atoms. The van der Waals surface area contributed by atoms with E-state index in [9.17, 15) is 4.79 Å². The molecule has 1 aromatic rings. The Bertz CT molecular complexity index is 432. The second-order valence-electron chi connectivity index (χ2n) is 4.74. The molecule has 7 nitrogen and oxygen atoms in total. The van der Waals surface area contributed by atoms with Gasteiger partial charge in [-0.15, -0.1) is 0 Å². The molecule has 0 aromatic carbocycles. The summed E-state index contributed by atoms with van der Waals surface area (Å²) >= 11 is 0. The predicted molar refractivity (Wildman–Crippen MR) is 85.9 cm³/mol. The van der Waals surface area contributed by atoms with Gasteiger partial charge in [-0.25, -0.2) is 0 Å². The van der Waals surface area contributed by atoms with Gasteiger partial charge in [0.05, 0.1) is 12.9 Å². The fourth-order valence-electron chi connectivity index (χ4n) is 1.74. The molecule has 0 aliphatic heterocycles. The summed E-state index contributed by atoms with van der Waals surface area (Å²) in [4.78, 5) is 15.2. The number of guanidine groups is 1. The zero-order valence-corrected chi connectivity index (χ0v) is 13.4. The molecule has 0 atom stereocenters. The van der Waals surface area contributed by atoms with Gasteiger partial charge in [-0.05, 0) is 18.6 Å². The minimum Gasteiger partial charge on any atom is -0.469 e. The van der Waals surface area contributed by atoms with Crippen LogP contribution in [0.2, 0.25) is 0 Å². The van der Waals surface area contributed by atoms with Gasteiger partial charge in [0.1, 0.15) is 5.76 Å². The molecule has 0 fully saturated rings. The topological polar surface area (TPSA) is 87.9 Å². The minimum absolute atomic E-state index is 0.0148. The second-order valence-corrected chi connectivity index (χ2v) is 4.74. The number of furan rings is 1. The van der Waals surface area contributed by atoms with Crippen molar-refractivity contribution in [3.63, 3.8) is 0 Å². The number of nitrogens with one attached hydrogen (secondary N) is 3. The van der Waals surface area contributed by atoms with E-state index in [2.05, 4.69) is 20.9 Å². The zero-order valence-electron chi connectivity index (χ0n) is 13.4. The van der Waals surface area contributed by atoms with Crippen molar-refractivity contribution < 1.29 is 13.9 Å². The molecule has 7 heteroatoms. The Hall–Kier alpha value is -2.02. The fourth-order valence-corrected chi connectivity index (χ4v) is 1.74. The van der Waals surface area contributed by atoms with Gasteiger partial charge in [0.25, 0.3) is 0 Å². The van der Waals surface area contributed by atoms with Gasteiger partial charge in [0.15, 0.2) is 5.96 Å². The summed E-state index contributed by atoms with van der Waals surface area (Å²) in [5.41, 5.74) is 0. The monoisotopic (exact) mass is 310 g/mol. The predicted octanol–water partition coefficient (Wildman–Crippen LogP) is 0.530. The van der Waals surface area contributed by atoms with Crippen molar-refractivity contribution in [3.8, 4) is 0 Å². The number of amides is 1. The average Bonchev–Trinajstić information content (AvgIpc) is 2.99. The maximum absolute atomic E-state index is 10.8. The van der Waals surface area contributed by atoms with Crippen LogP contribution in [0.4, 0.5) is 0 Å². The summed E-state index contributed by atoms with van der Waals surface area (Å²) in [5.74, 6) is 1.67. The average molecular weight is 310 g/mol. The Morgan fingerprint density at radius 3 is 2.77 bits per heavy atom. The van der Waals surface area contributed by atoms with Gasteiger partial charge in [-0.3, -0.25) is 9.79 Å². The van der Waals surface area contributed by atoms with Crippen LogP contribution in [-0.4, -0.2) is 51.8 Å². The molecule has 0 radical (unpaired) electrons. The van der Waals surface area contributed by atoms with Crippen LogP contribution in [0.1, 0.15) is 19.1 Å². The van der Waals surface area contributed by atoms with Crippen LogP contribution in [0, 0.1) is 0 Å². The van der Waals surface area contributed by atoms with E-state index in [1.54, 1.807) is 13.4 Å². The molecule has 1 heterocycles. The highest BCUT2D eigenvalue weighted by atomic mass is 16.5. The lowest BCUT2D eigenvalue weighted by Gasteiger charge is -2.12. The highest BCUT2D eigenvalue weighted by Crippen LogP contribution is 1.99. The number of hydrogen-bond acceptors (Lipinski definition) is 4. The van der Waals surface area contributed by atoms with Gasteiger partial charge in [-0.2, -0.15) is 0 Å². The number of carbonyl (C=O) groups excluding carboxylic acids is 1. The van der Waals surface area contributed by atoms with Gasteiger partial charge < -0.3 is 25.1 Å². The Morgan fingerprint density at radius 2 is 2.09 bits per heavy atom. The van der Waals surface area contributed by atoms with Crippen LogP contribution in [0.25, 0.3) is 0 Å². The third-order valence-electron chi connectivity index (χ3n) is 2.82. The van der Waals surface area contributed by atoms with Crippen molar-refractivity contribution in [2.24, 2.45) is 4.99 Å². The van der Waals surface area contributed by atoms with Crippen molar-refractivity contribution in [3.05, 3.63) is 24.2 Å². The molecule has 0 aliphatic rings. The molecule has 22 heavy (non-hydrogen) atoms. The number of rotatable bonds is 10. The summed E-state index contributed by atoms with van der Waals surface area (Å²) in [6.07, 6.45) is 3.27. The Kier molecular flexibility index (Phi) is 9.52. The van der Waals surface area contributed by atoms with E-state index in [0.717, 1.165) is 31.1 Å². The number of aliphatic imine (C=N–C) groups is 1. The van der Waals surface area contributed by atoms with Crippen molar-refractivity contribution in [1.29, 1.82) is 0 Å². The van der Waals surface area contributed by atoms with Crippen LogP contribution in [0.3, 0.4) is 0 Å². The number of hydrogen-bond donors (Lipinski definition) is 3. The number of carbonyl (C=O) groups is 1. The SMILES string of the molecule is COCCNC(=NCCCNC(C)=O)NCCc1ccco1. The summed E-state index contributed by atoms with van der Waals surface area (Å²) < 4.78 is 10.3. The Balaban J connectivity index is 2.28. The van der Waals surface area contributed by atoms with Gasteiger partial charge in [0, 0.05) is 46.6 Å². The largest absolute Gasteiger partial charge is 0.469 e. The molecule has 0 bridgehead atoms. The minimum atomic E-state index is -0.0148. The van der Waals surface area contributed by atoms with Crippen LogP contribution in [0.5, 0.6) is 0 Å². The lowest BCUT2D eigenvalue weighted by Crippen LogP contribution is -2.40. The first-order valence-corrected chi connectivity index (χ1v) is 7.50. The zero-order chi connectivity index (χ0) is 16.0. The van der Waals surface area contributed by atoms with Gasteiger partial charge >= 0.3 is 0 Å². The molecule has 0 unspecified atom stereocenters. The molecular weight excluding hydrogens is 284 g/mol. The van der Waals surface area contributed by atoms with Crippen LogP contribution < -0.4 is 16.0 Å². The molecule has 0 aliphatic carbocycles. The van der Waals surface area contributed by atoms with Crippen molar-refractivity contribution in [1.82, 2.24) is 16.0 Å². The smallest absolute Gasteiger partial charge is 0.216 e. The molecular formula is C15H26N4O3. The van der Waals surface area contributed by atoms with E-state index < -0.39 is 0 Å². The first kappa shape index (κ1) is 18.0. The quantitative estimate of drug-likeness (QED) is 0.333. The molecule has 1 rings (SSSR count). The second kappa shape index (κ2) is 11.6. The van der Waals surface area contributed by atoms with Crippen molar-refractivity contribution in [2.75, 3.05) is 39.9 Å². The molecule has 0 saturated heterocycles. The van der Waals surface area contributed by atoms with Gasteiger partial charge in [-0.1, -0.05) is 0 Å². The normalized spacial score (nSPS) is 11.3. The summed E-state index contributed by atoms with van der Waals surface area (Å²) in [5, 5.41) is 9.20. The van der Waals surface area contributed by atoms with E-state index in [1.165, 1.54) is 6.92 Å². The first-order chi connectivity index (χ1) is 10.7. The molecule has 3 N–H and O–H groups in total. The highest BCUT2D eigenvalue weighted by molar-refractivity contribution is 5.79. The maximum atomic E-state index is 10.8. The maximum Gasteiger partial charge on any atom is 0.216 e. The van der Waals surface area contributed by atoms with E-state index in [-0.39, 0.29) is 5.91 Å². The fraction of sp³-hybridized carbons (Fsp3) is 0.600. The number of methoxy groups -OCH3 is 1. The summed E-state index contributed by atoms with van der Waals surface area (Å²) in [6, 6.07) is 3.83. The highest BCUT2D eigenvalue weighted by Gasteiger charge is 2.00. The third kappa shape index (κ3) is 9.02. The molecule has 1 aromatic heterocycles. The van der Waals surface area contributed by atoms with Crippen LogP contribution >= 0.6 is 0 Å².